The van der Waals surface area contributed by atoms with Crippen molar-refractivity contribution in [2.24, 2.45) is 4.99 Å². The zero-order valence-electron chi connectivity index (χ0n) is 15.2. The van der Waals surface area contributed by atoms with Gasteiger partial charge >= 0.3 is 0 Å². The lowest BCUT2D eigenvalue weighted by atomic mass is 10.4. The molecule has 1 aromatic rings. The average Bonchev–Trinajstić information content (AvgIpc) is 3.09. The molecule has 0 atom stereocenters. The number of likely N-dealkylation sites (N-methyl/N-ethyl adjacent to an activating group) is 1. The first-order valence-corrected chi connectivity index (χ1v) is 8.56. The van der Waals surface area contributed by atoms with E-state index in [0.29, 0.717) is 13.2 Å². The largest absolute Gasteiger partial charge is 0.467 e. The topological polar surface area (TPSA) is 71.3 Å². The van der Waals surface area contributed by atoms with Gasteiger partial charge in [0.2, 0.25) is 0 Å². The predicted molar refractivity (Wildman–Crippen MR) is 96.3 cm³/mol. The Kier molecular flexibility index (Phi) is 11.8. The normalized spacial score (nSPS) is 11.9. The van der Waals surface area contributed by atoms with Crippen molar-refractivity contribution in [1.29, 1.82) is 0 Å². The Morgan fingerprint density at radius 3 is 2.88 bits per heavy atom. The molecule has 0 unspecified atom stereocenters. The molecular weight excluding hydrogens is 308 g/mol. The molecule has 0 bridgehead atoms. The molecule has 0 aliphatic heterocycles. The van der Waals surface area contributed by atoms with E-state index in [2.05, 4.69) is 34.5 Å². The van der Waals surface area contributed by atoms with Gasteiger partial charge in [-0.05, 0) is 32.5 Å². The Balaban J connectivity index is 2.12. The number of hydrogen-bond acceptors (Lipinski definition) is 5. The highest BCUT2D eigenvalue weighted by Gasteiger charge is 2.00. The maximum Gasteiger partial charge on any atom is 0.191 e. The number of hydrogen-bond donors (Lipinski definition) is 2. The van der Waals surface area contributed by atoms with E-state index in [1.165, 1.54) is 0 Å². The fraction of sp³-hybridized carbons (Fsp3) is 0.706. The van der Waals surface area contributed by atoms with E-state index in [1.807, 2.05) is 12.1 Å². The quantitative estimate of drug-likeness (QED) is 0.321. The Morgan fingerprint density at radius 2 is 2.17 bits per heavy atom. The van der Waals surface area contributed by atoms with Crippen molar-refractivity contribution in [2.45, 2.75) is 20.0 Å². The maximum absolute atomic E-state index is 5.55. The monoisotopic (exact) mass is 340 g/mol. The molecule has 0 amide bonds. The molecule has 1 heterocycles. The van der Waals surface area contributed by atoms with Crippen LogP contribution in [0.2, 0.25) is 0 Å². The van der Waals surface area contributed by atoms with Crippen LogP contribution < -0.4 is 10.6 Å². The summed E-state index contributed by atoms with van der Waals surface area (Å²) in [6.45, 7) is 8.30. The van der Waals surface area contributed by atoms with Crippen molar-refractivity contribution < 1.29 is 13.9 Å². The van der Waals surface area contributed by atoms with E-state index >= 15 is 0 Å². The summed E-state index contributed by atoms with van der Waals surface area (Å²) in [4.78, 5) is 6.78. The van der Waals surface area contributed by atoms with Gasteiger partial charge in [0.25, 0.3) is 0 Å². The number of methoxy groups -OCH3 is 1. The summed E-state index contributed by atoms with van der Waals surface area (Å²) in [6, 6.07) is 3.78. The molecule has 1 rings (SSSR count). The van der Waals surface area contributed by atoms with Crippen LogP contribution >= 0.6 is 0 Å². The first kappa shape index (κ1) is 20.5. The van der Waals surface area contributed by atoms with Gasteiger partial charge in [-0.2, -0.15) is 0 Å². The first-order chi connectivity index (χ1) is 11.8. The number of nitrogens with one attached hydrogen (secondary N) is 2. The highest BCUT2D eigenvalue weighted by molar-refractivity contribution is 5.79. The molecule has 0 spiro atoms. The van der Waals surface area contributed by atoms with Crippen LogP contribution in [-0.4, -0.2) is 71.0 Å². The summed E-state index contributed by atoms with van der Waals surface area (Å²) in [6.07, 6.45) is 2.54. The molecule has 138 valence electrons. The highest BCUT2D eigenvalue weighted by atomic mass is 16.5. The van der Waals surface area contributed by atoms with Crippen LogP contribution in [0.15, 0.2) is 27.8 Å². The second-order valence-electron chi connectivity index (χ2n) is 5.47. The number of aliphatic imine (C=N–C) groups is 1. The Morgan fingerprint density at radius 1 is 1.29 bits per heavy atom. The lowest BCUT2D eigenvalue weighted by Crippen LogP contribution is -2.41. The van der Waals surface area contributed by atoms with E-state index in [0.717, 1.165) is 57.5 Å². The Hall–Kier alpha value is -1.57. The van der Waals surface area contributed by atoms with Gasteiger partial charge in [-0.1, -0.05) is 0 Å². The molecule has 0 fully saturated rings. The average molecular weight is 340 g/mol. The van der Waals surface area contributed by atoms with E-state index in [-0.39, 0.29) is 0 Å². The molecule has 0 aromatic carbocycles. The lowest BCUT2D eigenvalue weighted by Gasteiger charge is -2.17. The third kappa shape index (κ3) is 10.3. The predicted octanol–water partition coefficient (Wildman–Crippen LogP) is 1.32. The van der Waals surface area contributed by atoms with E-state index < -0.39 is 0 Å². The number of guanidine groups is 1. The summed E-state index contributed by atoms with van der Waals surface area (Å²) in [5.41, 5.74) is 0. The molecule has 24 heavy (non-hydrogen) atoms. The van der Waals surface area contributed by atoms with Crippen molar-refractivity contribution in [3.05, 3.63) is 24.2 Å². The van der Waals surface area contributed by atoms with Gasteiger partial charge in [0.05, 0.1) is 12.9 Å². The third-order valence-corrected chi connectivity index (χ3v) is 3.35. The first-order valence-electron chi connectivity index (χ1n) is 8.56. The van der Waals surface area contributed by atoms with Gasteiger partial charge < -0.3 is 29.4 Å². The Bertz CT molecular complexity index is 423. The zero-order chi connectivity index (χ0) is 17.5. The van der Waals surface area contributed by atoms with Gasteiger partial charge in [0.15, 0.2) is 5.96 Å². The van der Waals surface area contributed by atoms with E-state index in [1.54, 1.807) is 13.4 Å². The van der Waals surface area contributed by atoms with Gasteiger partial charge in [-0.15, -0.1) is 0 Å². The number of rotatable bonds is 13. The van der Waals surface area contributed by atoms with Crippen molar-refractivity contribution >= 4 is 5.96 Å². The zero-order valence-corrected chi connectivity index (χ0v) is 15.2. The van der Waals surface area contributed by atoms with Gasteiger partial charge in [0.1, 0.15) is 12.4 Å². The SMILES string of the molecule is CCNC(=NCCCOCc1ccco1)NCCN(C)CCOC. The van der Waals surface area contributed by atoms with Gasteiger partial charge in [0, 0.05) is 46.4 Å². The van der Waals surface area contributed by atoms with Gasteiger partial charge in [-0.25, -0.2) is 0 Å². The van der Waals surface area contributed by atoms with E-state index in [9.17, 15) is 0 Å². The number of nitrogens with zero attached hydrogens (tertiary/aromatic N) is 2. The molecule has 0 saturated carbocycles. The van der Waals surface area contributed by atoms with Crippen LogP contribution in [0.5, 0.6) is 0 Å². The molecule has 2 N–H and O–H groups in total. The number of furan rings is 1. The van der Waals surface area contributed by atoms with Gasteiger partial charge in [-0.3, -0.25) is 4.99 Å². The molecule has 0 radical (unpaired) electrons. The minimum absolute atomic E-state index is 0.517. The van der Waals surface area contributed by atoms with Crippen molar-refractivity contribution in [2.75, 3.05) is 60.1 Å². The van der Waals surface area contributed by atoms with Crippen molar-refractivity contribution in [1.82, 2.24) is 15.5 Å². The molecule has 0 aliphatic rings. The van der Waals surface area contributed by atoms with Crippen LogP contribution in [0.1, 0.15) is 19.1 Å². The molecule has 7 nitrogen and oxygen atoms in total. The third-order valence-electron chi connectivity index (χ3n) is 3.35. The fourth-order valence-corrected chi connectivity index (χ4v) is 1.99. The number of ether oxygens (including phenoxy) is 2. The van der Waals surface area contributed by atoms with Crippen LogP contribution in [-0.2, 0) is 16.1 Å². The highest BCUT2D eigenvalue weighted by Crippen LogP contribution is 2.01. The van der Waals surface area contributed by atoms with Crippen LogP contribution in [0.3, 0.4) is 0 Å². The summed E-state index contributed by atoms with van der Waals surface area (Å²) >= 11 is 0. The fourth-order valence-electron chi connectivity index (χ4n) is 1.99. The minimum atomic E-state index is 0.517. The second-order valence-corrected chi connectivity index (χ2v) is 5.47. The summed E-state index contributed by atoms with van der Waals surface area (Å²) < 4.78 is 15.8. The van der Waals surface area contributed by atoms with Crippen LogP contribution in [0.4, 0.5) is 0 Å². The molecule has 1 aromatic heterocycles. The molecule has 0 saturated heterocycles. The summed E-state index contributed by atoms with van der Waals surface area (Å²) in [7, 11) is 3.81. The summed E-state index contributed by atoms with van der Waals surface area (Å²) in [5, 5.41) is 6.59. The molecule has 0 aliphatic carbocycles. The van der Waals surface area contributed by atoms with Crippen LogP contribution in [0, 0.1) is 0 Å². The van der Waals surface area contributed by atoms with Crippen molar-refractivity contribution in [3.63, 3.8) is 0 Å². The van der Waals surface area contributed by atoms with Crippen LogP contribution in [0.25, 0.3) is 0 Å². The minimum Gasteiger partial charge on any atom is -0.467 e. The lowest BCUT2D eigenvalue weighted by molar-refractivity contribution is 0.105. The maximum atomic E-state index is 5.55. The smallest absolute Gasteiger partial charge is 0.191 e. The molecular formula is C17H32N4O3. The standard InChI is InChI=1S/C17H32N4O3/c1-4-18-17(20-9-10-21(2)11-14-22-3)19-8-6-12-23-15-16-7-5-13-24-16/h5,7,13H,4,6,8-12,14-15H2,1-3H3,(H2,18,19,20). The van der Waals surface area contributed by atoms with Crippen molar-refractivity contribution in [3.8, 4) is 0 Å². The molecule has 7 heteroatoms. The van der Waals surface area contributed by atoms with E-state index in [4.69, 9.17) is 13.9 Å². The summed E-state index contributed by atoms with van der Waals surface area (Å²) in [5.74, 6) is 1.70. The Labute approximate surface area is 145 Å². The second kappa shape index (κ2) is 13.8.